The number of hydrogen-bond donors (Lipinski definition) is 2. The molecule has 0 spiro atoms. The van der Waals surface area contributed by atoms with Crippen molar-refractivity contribution in [3.05, 3.63) is 0 Å². The molecule has 1 amide bonds. The maximum Gasteiger partial charge on any atom is 0.226 e. The first-order valence-corrected chi connectivity index (χ1v) is 6.07. The van der Waals surface area contributed by atoms with Gasteiger partial charge < -0.3 is 15.2 Å². The number of carbonyl (C=O) groups is 1. The molecule has 3 unspecified atom stereocenters. The van der Waals surface area contributed by atoms with E-state index in [4.69, 9.17) is 4.74 Å². The number of hydrogen-bond acceptors (Lipinski definition) is 3. The van der Waals surface area contributed by atoms with Crippen molar-refractivity contribution in [2.75, 3.05) is 13.2 Å². The van der Waals surface area contributed by atoms with Crippen LogP contribution in [0, 0.1) is 11.8 Å². The Morgan fingerprint density at radius 1 is 1.56 bits per heavy atom. The predicted molar refractivity (Wildman–Crippen MR) is 62.0 cm³/mol. The zero-order valence-corrected chi connectivity index (χ0v) is 10.4. The van der Waals surface area contributed by atoms with Crippen LogP contribution in [-0.2, 0) is 9.53 Å². The van der Waals surface area contributed by atoms with Crippen LogP contribution in [0.15, 0.2) is 0 Å². The highest BCUT2D eigenvalue weighted by atomic mass is 16.5. The molecule has 16 heavy (non-hydrogen) atoms. The van der Waals surface area contributed by atoms with Gasteiger partial charge in [0.05, 0.1) is 24.7 Å². The highest BCUT2D eigenvalue weighted by Crippen LogP contribution is 2.20. The number of ether oxygens (including phenoxy) is 1. The van der Waals surface area contributed by atoms with E-state index in [1.807, 2.05) is 6.92 Å². The summed E-state index contributed by atoms with van der Waals surface area (Å²) in [6.45, 7) is 6.75. The minimum Gasteiger partial charge on any atom is -0.394 e. The van der Waals surface area contributed by atoms with E-state index in [1.54, 1.807) is 0 Å². The van der Waals surface area contributed by atoms with Crippen LogP contribution in [0.25, 0.3) is 0 Å². The molecule has 1 heterocycles. The van der Waals surface area contributed by atoms with Gasteiger partial charge in [-0.2, -0.15) is 0 Å². The van der Waals surface area contributed by atoms with Crippen molar-refractivity contribution in [3.8, 4) is 0 Å². The first-order chi connectivity index (χ1) is 7.54. The molecule has 0 saturated carbocycles. The zero-order valence-electron chi connectivity index (χ0n) is 10.4. The third-order valence-electron chi connectivity index (χ3n) is 3.04. The first-order valence-electron chi connectivity index (χ1n) is 6.07. The van der Waals surface area contributed by atoms with Gasteiger partial charge in [0.15, 0.2) is 0 Å². The molecule has 1 aliphatic rings. The molecule has 4 heteroatoms. The monoisotopic (exact) mass is 229 g/mol. The van der Waals surface area contributed by atoms with E-state index >= 15 is 0 Å². The van der Waals surface area contributed by atoms with Crippen LogP contribution in [0.5, 0.6) is 0 Å². The molecule has 2 N–H and O–H groups in total. The van der Waals surface area contributed by atoms with Gasteiger partial charge in [0.1, 0.15) is 0 Å². The fraction of sp³-hybridized carbons (Fsp3) is 0.917. The van der Waals surface area contributed by atoms with Crippen LogP contribution in [0.4, 0.5) is 0 Å². The number of carbonyl (C=O) groups excluding carboxylic acids is 1. The van der Waals surface area contributed by atoms with Gasteiger partial charge in [0, 0.05) is 6.61 Å². The Morgan fingerprint density at radius 2 is 2.25 bits per heavy atom. The zero-order chi connectivity index (χ0) is 12.1. The Kier molecular flexibility index (Phi) is 5.22. The van der Waals surface area contributed by atoms with Crippen LogP contribution in [-0.4, -0.2) is 36.4 Å². The summed E-state index contributed by atoms with van der Waals surface area (Å²) < 4.78 is 5.36. The molecule has 0 radical (unpaired) electrons. The summed E-state index contributed by atoms with van der Waals surface area (Å²) in [5.74, 6) is 0.431. The van der Waals surface area contributed by atoms with Gasteiger partial charge in [-0.25, -0.2) is 0 Å². The lowest BCUT2D eigenvalue weighted by Crippen LogP contribution is -2.43. The Labute approximate surface area is 97.4 Å². The highest BCUT2D eigenvalue weighted by Gasteiger charge is 2.31. The molecule has 0 aromatic rings. The summed E-state index contributed by atoms with van der Waals surface area (Å²) in [5.41, 5.74) is 0. The Morgan fingerprint density at radius 3 is 2.69 bits per heavy atom. The van der Waals surface area contributed by atoms with Crippen molar-refractivity contribution in [1.82, 2.24) is 5.32 Å². The predicted octanol–water partition coefficient (Wildman–Crippen LogP) is 0.935. The quantitative estimate of drug-likeness (QED) is 0.737. The lowest BCUT2D eigenvalue weighted by Gasteiger charge is -2.21. The summed E-state index contributed by atoms with van der Waals surface area (Å²) in [6, 6.07) is -0.125. The van der Waals surface area contributed by atoms with Crippen molar-refractivity contribution in [1.29, 1.82) is 0 Å². The summed E-state index contributed by atoms with van der Waals surface area (Å²) in [7, 11) is 0. The smallest absolute Gasteiger partial charge is 0.226 e. The molecule has 3 atom stereocenters. The van der Waals surface area contributed by atoms with E-state index in [1.165, 1.54) is 0 Å². The van der Waals surface area contributed by atoms with Crippen LogP contribution in [0.2, 0.25) is 0 Å². The average Bonchev–Trinajstić information content (AvgIpc) is 2.62. The topological polar surface area (TPSA) is 58.6 Å². The van der Waals surface area contributed by atoms with Crippen LogP contribution < -0.4 is 5.32 Å². The van der Waals surface area contributed by atoms with Gasteiger partial charge in [-0.3, -0.25) is 4.79 Å². The Hall–Kier alpha value is -0.610. The van der Waals surface area contributed by atoms with Crippen molar-refractivity contribution < 1.29 is 14.6 Å². The molecule has 4 nitrogen and oxygen atoms in total. The third kappa shape index (κ3) is 3.76. The minimum atomic E-state index is -0.125. The number of nitrogens with one attached hydrogen (secondary N) is 1. The average molecular weight is 229 g/mol. The molecule has 1 fully saturated rings. The molecule has 1 rings (SSSR count). The van der Waals surface area contributed by atoms with Gasteiger partial charge in [-0.05, 0) is 25.7 Å². The van der Waals surface area contributed by atoms with Crippen molar-refractivity contribution in [2.45, 2.75) is 45.8 Å². The number of rotatable bonds is 5. The van der Waals surface area contributed by atoms with E-state index in [2.05, 4.69) is 19.2 Å². The molecular weight excluding hydrogens is 206 g/mol. The summed E-state index contributed by atoms with van der Waals surface area (Å²) in [5, 5.41) is 12.1. The van der Waals surface area contributed by atoms with Gasteiger partial charge in [-0.15, -0.1) is 0 Å². The third-order valence-corrected chi connectivity index (χ3v) is 3.04. The second-order valence-electron chi connectivity index (χ2n) is 4.99. The fourth-order valence-corrected chi connectivity index (χ4v) is 2.13. The fourth-order valence-electron chi connectivity index (χ4n) is 2.13. The molecule has 1 aliphatic heterocycles. The van der Waals surface area contributed by atoms with Gasteiger partial charge >= 0.3 is 0 Å². The summed E-state index contributed by atoms with van der Waals surface area (Å²) >= 11 is 0. The van der Waals surface area contributed by atoms with Crippen LogP contribution >= 0.6 is 0 Å². The van der Waals surface area contributed by atoms with E-state index in [0.29, 0.717) is 12.5 Å². The largest absolute Gasteiger partial charge is 0.394 e. The molecule has 0 aliphatic carbocycles. The standard InChI is InChI=1S/C12H23NO3/c1-8(2)6-10(7-14)13-12(15)11-4-5-16-9(11)3/h8-11,14H,4-7H2,1-3H3,(H,13,15). The van der Waals surface area contributed by atoms with Crippen molar-refractivity contribution >= 4 is 5.91 Å². The molecular formula is C12H23NO3. The Balaban J connectivity index is 2.42. The summed E-state index contributed by atoms with van der Waals surface area (Å²) in [6.07, 6.45) is 1.59. The van der Waals surface area contributed by atoms with Crippen molar-refractivity contribution in [2.24, 2.45) is 11.8 Å². The van der Waals surface area contributed by atoms with Crippen LogP contribution in [0.1, 0.15) is 33.6 Å². The number of aliphatic hydroxyl groups excluding tert-OH is 1. The number of amides is 1. The number of aliphatic hydroxyl groups is 1. The maximum atomic E-state index is 11.9. The van der Waals surface area contributed by atoms with Crippen LogP contribution in [0.3, 0.4) is 0 Å². The molecule has 0 bridgehead atoms. The summed E-state index contributed by atoms with van der Waals surface area (Å²) in [4.78, 5) is 11.9. The lowest BCUT2D eigenvalue weighted by molar-refractivity contribution is -0.127. The maximum absolute atomic E-state index is 11.9. The Bertz CT molecular complexity index is 230. The van der Waals surface area contributed by atoms with E-state index < -0.39 is 0 Å². The van der Waals surface area contributed by atoms with Gasteiger partial charge in [0.25, 0.3) is 0 Å². The molecule has 94 valence electrons. The van der Waals surface area contributed by atoms with E-state index in [-0.39, 0.29) is 30.6 Å². The van der Waals surface area contributed by atoms with Gasteiger partial charge in [0.2, 0.25) is 5.91 Å². The lowest BCUT2D eigenvalue weighted by atomic mass is 9.99. The SMILES string of the molecule is CC(C)CC(CO)NC(=O)C1CCOC1C. The van der Waals surface area contributed by atoms with Crippen molar-refractivity contribution in [3.63, 3.8) is 0 Å². The van der Waals surface area contributed by atoms with Gasteiger partial charge in [-0.1, -0.05) is 13.8 Å². The second-order valence-corrected chi connectivity index (χ2v) is 4.99. The van der Waals surface area contributed by atoms with E-state index in [9.17, 15) is 9.90 Å². The highest BCUT2D eigenvalue weighted by molar-refractivity contribution is 5.79. The minimum absolute atomic E-state index is 0.00149. The molecule has 0 aromatic carbocycles. The second kappa shape index (κ2) is 6.21. The molecule has 0 aromatic heterocycles. The van der Waals surface area contributed by atoms with E-state index in [0.717, 1.165) is 12.8 Å². The normalized spacial score (nSPS) is 27.1. The first kappa shape index (κ1) is 13.5. The molecule has 1 saturated heterocycles.